The molecule has 2 aromatic carbocycles. The number of anilines is 1. The minimum absolute atomic E-state index is 0.102. The first-order chi connectivity index (χ1) is 19.5. The maximum Gasteiger partial charge on any atom is 0.274 e. The van der Waals surface area contributed by atoms with Gasteiger partial charge in [-0.1, -0.05) is 0 Å². The molecular weight excluding hydrogens is 556 g/mol. The molecule has 1 fully saturated rings. The number of nitrogens with two attached hydrogens (primary N) is 2. The highest BCUT2D eigenvalue weighted by Gasteiger charge is 2.53. The van der Waals surface area contributed by atoms with Gasteiger partial charge >= 0.3 is 0 Å². The number of allylic oxidation sites excluding steroid dienone is 1. The summed E-state index contributed by atoms with van der Waals surface area (Å²) >= 11 is 0. The van der Waals surface area contributed by atoms with Crippen LogP contribution in [0, 0.1) is 11.6 Å². The van der Waals surface area contributed by atoms with Gasteiger partial charge in [0.1, 0.15) is 29.5 Å². The van der Waals surface area contributed by atoms with Gasteiger partial charge in [-0.15, -0.1) is 0 Å². The zero-order chi connectivity index (χ0) is 31.0. The SMILES string of the molecule is COc1cc(C(=O)NCC2(c3cc(C(C)(C)O)c(F)c(-c4ccc(F)cc4)n3)CC(F)(F)CO2)cc(/C=C(/C)N)c1N. The van der Waals surface area contributed by atoms with E-state index in [0.29, 0.717) is 11.3 Å². The lowest BCUT2D eigenvalue weighted by atomic mass is 9.88. The number of carbonyl (C=O) groups excluding carboxylic acids is 1. The fraction of sp³-hybridized carbons (Fsp3) is 0.333. The molecule has 4 rings (SSSR count). The lowest BCUT2D eigenvalue weighted by molar-refractivity contribution is -0.0266. The molecule has 1 aromatic heterocycles. The molecule has 1 amide bonds. The molecule has 1 atom stereocenters. The highest BCUT2D eigenvalue weighted by atomic mass is 19.3. The fourth-order valence-corrected chi connectivity index (χ4v) is 4.78. The number of nitrogen functional groups attached to an aromatic ring is 1. The van der Waals surface area contributed by atoms with Crippen molar-refractivity contribution in [3.8, 4) is 17.0 Å². The molecule has 0 bridgehead atoms. The van der Waals surface area contributed by atoms with Crippen molar-refractivity contribution in [2.45, 2.75) is 44.3 Å². The number of aromatic nitrogens is 1. The minimum atomic E-state index is -3.30. The van der Waals surface area contributed by atoms with E-state index in [1.54, 1.807) is 13.0 Å². The van der Waals surface area contributed by atoms with Crippen molar-refractivity contribution < 1.29 is 36.9 Å². The van der Waals surface area contributed by atoms with E-state index in [4.69, 9.17) is 20.9 Å². The van der Waals surface area contributed by atoms with Crippen molar-refractivity contribution in [1.29, 1.82) is 0 Å². The number of amides is 1. The average molecular weight is 589 g/mol. The van der Waals surface area contributed by atoms with Gasteiger partial charge in [0.25, 0.3) is 11.8 Å². The number of benzene rings is 2. The van der Waals surface area contributed by atoms with Gasteiger partial charge in [0, 0.05) is 28.0 Å². The molecule has 1 unspecified atom stereocenters. The van der Waals surface area contributed by atoms with Gasteiger partial charge in [-0.3, -0.25) is 4.79 Å². The lowest BCUT2D eigenvalue weighted by Crippen LogP contribution is -2.42. The summed E-state index contributed by atoms with van der Waals surface area (Å²) < 4.78 is 69.5. The second kappa shape index (κ2) is 11.3. The minimum Gasteiger partial charge on any atom is -0.495 e. The van der Waals surface area contributed by atoms with E-state index < -0.39 is 54.2 Å². The van der Waals surface area contributed by atoms with Crippen molar-refractivity contribution >= 4 is 17.7 Å². The second-order valence-corrected chi connectivity index (χ2v) is 10.9. The second-order valence-electron chi connectivity index (χ2n) is 10.9. The van der Waals surface area contributed by atoms with Crippen molar-refractivity contribution in [3.63, 3.8) is 0 Å². The van der Waals surface area contributed by atoms with Gasteiger partial charge in [0.2, 0.25) is 0 Å². The van der Waals surface area contributed by atoms with E-state index in [1.807, 2.05) is 0 Å². The molecule has 42 heavy (non-hydrogen) atoms. The number of alkyl halides is 2. The highest BCUT2D eigenvalue weighted by molar-refractivity contribution is 5.96. The summed E-state index contributed by atoms with van der Waals surface area (Å²) in [5.74, 6) is -5.25. The Labute approximate surface area is 240 Å². The van der Waals surface area contributed by atoms with Crippen LogP contribution in [0.4, 0.5) is 23.2 Å². The number of pyridine rings is 1. The van der Waals surface area contributed by atoms with E-state index in [-0.39, 0.29) is 39.5 Å². The first-order valence-electron chi connectivity index (χ1n) is 13.0. The van der Waals surface area contributed by atoms with E-state index in [1.165, 1.54) is 45.2 Å². The van der Waals surface area contributed by atoms with Crippen LogP contribution in [0.5, 0.6) is 5.75 Å². The van der Waals surface area contributed by atoms with E-state index in [9.17, 15) is 23.1 Å². The molecule has 0 spiro atoms. The quantitative estimate of drug-likeness (QED) is 0.219. The number of aliphatic hydroxyl groups is 1. The van der Waals surface area contributed by atoms with Crippen molar-refractivity contribution in [2.75, 3.05) is 26.0 Å². The average Bonchev–Trinajstić information content (AvgIpc) is 3.23. The number of rotatable bonds is 8. The normalized spacial score (nSPS) is 18.6. The lowest BCUT2D eigenvalue weighted by Gasteiger charge is -2.30. The number of halogens is 4. The van der Waals surface area contributed by atoms with Crippen LogP contribution in [0.3, 0.4) is 0 Å². The first kappa shape index (κ1) is 30.8. The Morgan fingerprint density at radius 2 is 1.88 bits per heavy atom. The van der Waals surface area contributed by atoms with Crippen LogP contribution < -0.4 is 21.5 Å². The molecule has 3 aromatic rings. The zero-order valence-electron chi connectivity index (χ0n) is 23.5. The zero-order valence-corrected chi connectivity index (χ0v) is 23.5. The van der Waals surface area contributed by atoms with Gasteiger partial charge in [-0.05, 0) is 69.3 Å². The van der Waals surface area contributed by atoms with Gasteiger partial charge in [0.05, 0.1) is 37.1 Å². The van der Waals surface area contributed by atoms with Crippen LogP contribution in [0.25, 0.3) is 17.3 Å². The molecule has 6 N–H and O–H groups in total. The van der Waals surface area contributed by atoms with Gasteiger partial charge in [0.15, 0.2) is 5.82 Å². The number of hydrogen-bond donors (Lipinski definition) is 4. The predicted octanol–water partition coefficient (Wildman–Crippen LogP) is 4.85. The van der Waals surface area contributed by atoms with Gasteiger partial charge < -0.3 is 31.4 Å². The van der Waals surface area contributed by atoms with Gasteiger partial charge in [-0.25, -0.2) is 22.5 Å². The monoisotopic (exact) mass is 588 g/mol. The molecule has 0 aliphatic carbocycles. The topological polar surface area (TPSA) is 133 Å². The summed E-state index contributed by atoms with van der Waals surface area (Å²) in [7, 11) is 1.37. The summed E-state index contributed by atoms with van der Waals surface area (Å²) in [6.45, 7) is 2.82. The summed E-state index contributed by atoms with van der Waals surface area (Å²) in [6, 6.07) is 8.76. The first-order valence-corrected chi connectivity index (χ1v) is 13.0. The number of ether oxygens (including phenoxy) is 2. The molecule has 8 nitrogen and oxygen atoms in total. The maximum atomic E-state index is 15.7. The summed E-state index contributed by atoms with van der Waals surface area (Å²) in [5.41, 5.74) is 8.87. The van der Waals surface area contributed by atoms with Crippen LogP contribution >= 0.6 is 0 Å². The standard InChI is InChI=1S/C30H32F4N4O4/c1-16(35)9-18-10-19(11-22(41-4)25(18)36)27(39)37-14-29(13-30(33,34)15-42-29)23-12-21(28(2,3)40)24(32)26(38-23)17-5-7-20(31)8-6-17/h5-12,40H,13-15,35-36H2,1-4H3,(H,37,39)/b16-9-. The Morgan fingerprint density at radius 3 is 2.43 bits per heavy atom. The van der Waals surface area contributed by atoms with Gasteiger partial charge in [-0.2, -0.15) is 0 Å². The van der Waals surface area contributed by atoms with Crippen LogP contribution in [0.2, 0.25) is 0 Å². The molecule has 1 aliphatic heterocycles. The number of nitrogens with one attached hydrogen (secondary N) is 1. The summed E-state index contributed by atoms with van der Waals surface area (Å²) in [6.07, 6.45) is 0.660. The Kier molecular flexibility index (Phi) is 8.25. The Morgan fingerprint density at radius 1 is 1.21 bits per heavy atom. The maximum absolute atomic E-state index is 15.7. The molecule has 1 saturated heterocycles. The van der Waals surface area contributed by atoms with Crippen molar-refractivity contribution in [1.82, 2.24) is 10.3 Å². The van der Waals surface area contributed by atoms with E-state index in [2.05, 4.69) is 10.3 Å². The van der Waals surface area contributed by atoms with Crippen LogP contribution in [0.1, 0.15) is 54.4 Å². The van der Waals surface area contributed by atoms with Crippen molar-refractivity contribution in [3.05, 3.63) is 82.2 Å². The number of hydrogen-bond acceptors (Lipinski definition) is 7. The largest absolute Gasteiger partial charge is 0.495 e. The van der Waals surface area contributed by atoms with Crippen LogP contribution in [0.15, 0.2) is 48.2 Å². The smallest absolute Gasteiger partial charge is 0.274 e. The molecule has 2 heterocycles. The third-order valence-electron chi connectivity index (χ3n) is 6.88. The highest BCUT2D eigenvalue weighted by Crippen LogP contribution is 2.45. The van der Waals surface area contributed by atoms with Crippen LogP contribution in [-0.2, 0) is 15.9 Å². The number of nitrogens with zero attached hydrogens (tertiary/aromatic N) is 1. The molecule has 224 valence electrons. The molecule has 0 saturated carbocycles. The van der Waals surface area contributed by atoms with E-state index >= 15 is 4.39 Å². The summed E-state index contributed by atoms with van der Waals surface area (Å²) in [5, 5.41) is 13.4. The molecule has 1 aliphatic rings. The van der Waals surface area contributed by atoms with E-state index in [0.717, 1.165) is 18.2 Å². The Hall–Kier alpha value is -4.16. The predicted molar refractivity (Wildman–Crippen MR) is 150 cm³/mol. The van der Waals surface area contributed by atoms with Crippen molar-refractivity contribution in [2.24, 2.45) is 5.73 Å². The van der Waals surface area contributed by atoms with Crippen LogP contribution in [-0.4, -0.2) is 42.2 Å². The number of carbonyl (C=O) groups is 1. The Balaban J connectivity index is 1.79. The number of methoxy groups -OCH3 is 1. The molecule has 0 radical (unpaired) electrons. The third-order valence-corrected chi connectivity index (χ3v) is 6.88. The third kappa shape index (κ3) is 6.34. The fourth-order valence-electron chi connectivity index (χ4n) is 4.78. The molecule has 12 heteroatoms. The Bertz CT molecular complexity index is 1530. The summed E-state index contributed by atoms with van der Waals surface area (Å²) in [4.78, 5) is 17.6. The molecular formula is C30H32F4N4O4.